The van der Waals surface area contributed by atoms with Crippen molar-refractivity contribution in [2.24, 2.45) is 0 Å². The molecule has 1 aromatic rings. The van der Waals surface area contributed by atoms with Crippen LogP contribution < -0.4 is 11.1 Å². The summed E-state index contributed by atoms with van der Waals surface area (Å²) < 4.78 is 0. The largest absolute Gasteiger partial charge is 0.398 e. The first kappa shape index (κ1) is 10.1. The fourth-order valence-corrected chi connectivity index (χ4v) is 1.50. The lowest BCUT2D eigenvalue weighted by Crippen LogP contribution is -2.26. The second-order valence-corrected chi connectivity index (χ2v) is 3.67. The van der Waals surface area contributed by atoms with Crippen LogP contribution in [-0.4, -0.2) is 6.04 Å². The van der Waals surface area contributed by atoms with Gasteiger partial charge in [-0.05, 0) is 18.6 Å². The molecular weight excluding hydrogens is 160 g/mol. The van der Waals surface area contributed by atoms with Crippen molar-refractivity contribution in [3.63, 3.8) is 0 Å². The topological polar surface area (TPSA) is 38.0 Å². The molecule has 2 heteroatoms. The van der Waals surface area contributed by atoms with Crippen LogP contribution in [0.1, 0.15) is 32.4 Å². The van der Waals surface area contributed by atoms with Gasteiger partial charge in [0.1, 0.15) is 0 Å². The molecule has 1 atom stereocenters. The number of nitrogen functional groups attached to an aromatic ring is 1. The molecule has 2 nitrogen and oxygen atoms in total. The molecule has 0 bridgehead atoms. The van der Waals surface area contributed by atoms with E-state index in [1.165, 1.54) is 5.56 Å². The minimum absolute atomic E-state index is 0.321. The standard InChI is InChI=1S/C11H18N2/c1-8(2)13-9(3)10-6-4-5-7-11(10)12/h4-9,13H,12H2,1-3H3. The van der Waals surface area contributed by atoms with Crippen LogP contribution in [0.15, 0.2) is 24.3 Å². The van der Waals surface area contributed by atoms with E-state index in [-0.39, 0.29) is 0 Å². The smallest absolute Gasteiger partial charge is 0.0362 e. The predicted molar refractivity (Wildman–Crippen MR) is 57.5 cm³/mol. The molecule has 0 aliphatic carbocycles. The molecule has 0 fully saturated rings. The Morgan fingerprint density at radius 1 is 1.15 bits per heavy atom. The molecule has 0 aliphatic heterocycles. The number of para-hydroxylation sites is 1. The zero-order valence-corrected chi connectivity index (χ0v) is 8.54. The third-order valence-electron chi connectivity index (χ3n) is 2.05. The summed E-state index contributed by atoms with van der Waals surface area (Å²) >= 11 is 0. The minimum atomic E-state index is 0.321. The summed E-state index contributed by atoms with van der Waals surface area (Å²) in [5.41, 5.74) is 7.90. The average molecular weight is 178 g/mol. The number of benzene rings is 1. The first-order chi connectivity index (χ1) is 6.11. The monoisotopic (exact) mass is 178 g/mol. The Morgan fingerprint density at radius 3 is 2.31 bits per heavy atom. The average Bonchev–Trinajstić information content (AvgIpc) is 2.03. The maximum Gasteiger partial charge on any atom is 0.0362 e. The van der Waals surface area contributed by atoms with Crippen LogP contribution in [0.4, 0.5) is 5.69 Å². The van der Waals surface area contributed by atoms with E-state index >= 15 is 0 Å². The summed E-state index contributed by atoms with van der Waals surface area (Å²) in [6.07, 6.45) is 0. The van der Waals surface area contributed by atoms with E-state index in [4.69, 9.17) is 5.73 Å². The van der Waals surface area contributed by atoms with Gasteiger partial charge in [0, 0.05) is 17.8 Å². The van der Waals surface area contributed by atoms with E-state index in [2.05, 4.69) is 32.2 Å². The van der Waals surface area contributed by atoms with Gasteiger partial charge in [0.05, 0.1) is 0 Å². The van der Waals surface area contributed by atoms with Crippen molar-refractivity contribution in [1.82, 2.24) is 5.32 Å². The molecule has 0 heterocycles. The van der Waals surface area contributed by atoms with E-state index < -0.39 is 0 Å². The molecule has 0 radical (unpaired) electrons. The number of nitrogens with one attached hydrogen (secondary N) is 1. The van der Waals surface area contributed by atoms with E-state index in [1.807, 2.05) is 18.2 Å². The summed E-state index contributed by atoms with van der Waals surface area (Å²) in [5.74, 6) is 0. The minimum Gasteiger partial charge on any atom is -0.398 e. The Bertz CT molecular complexity index is 269. The molecule has 0 saturated heterocycles. The maximum absolute atomic E-state index is 5.86. The highest BCUT2D eigenvalue weighted by molar-refractivity contribution is 5.47. The van der Waals surface area contributed by atoms with Crippen LogP contribution in [0.25, 0.3) is 0 Å². The van der Waals surface area contributed by atoms with E-state index in [0.29, 0.717) is 12.1 Å². The molecule has 1 unspecified atom stereocenters. The summed E-state index contributed by atoms with van der Waals surface area (Å²) in [6, 6.07) is 8.78. The molecule has 3 N–H and O–H groups in total. The summed E-state index contributed by atoms with van der Waals surface area (Å²) in [7, 11) is 0. The van der Waals surface area contributed by atoms with Crippen LogP contribution in [0.3, 0.4) is 0 Å². The number of hydrogen-bond donors (Lipinski definition) is 2. The molecule has 1 rings (SSSR count). The molecule has 0 aliphatic rings. The Kier molecular flexibility index (Phi) is 3.32. The van der Waals surface area contributed by atoms with Gasteiger partial charge in [-0.15, -0.1) is 0 Å². The van der Waals surface area contributed by atoms with Crippen molar-refractivity contribution in [3.05, 3.63) is 29.8 Å². The fraction of sp³-hybridized carbons (Fsp3) is 0.455. The van der Waals surface area contributed by atoms with Crippen molar-refractivity contribution < 1.29 is 0 Å². The molecule has 72 valence electrons. The second kappa shape index (κ2) is 4.28. The molecule has 0 amide bonds. The van der Waals surface area contributed by atoms with E-state index in [1.54, 1.807) is 0 Å². The molecule has 0 spiro atoms. The third kappa shape index (κ3) is 2.74. The van der Waals surface area contributed by atoms with Gasteiger partial charge in [0.2, 0.25) is 0 Å². The van der Waals surface area contributed by atoms with Crippen LogP contribution in [0.5, 0.6) is 0 Å². The van der Waals surface area contributed by atoms with E-state index in [9.17, 15) is 0 Å². The Balaban J connectivity index is 2.76. The zero-order chi connectivity index (χ0) is 9.84. The molecular formula is C11H18N2. The number of rotatable bonds is 3. The van der Waals surface area contributed by atoms with Crippen LogP contribution in [0, 0.1) is 0 Å². The lowest BCUT2D eigenvalue weighted by Gasteiger charge is -2.18. The van der Waals surface area contributed by atoms with Crippen LogP contribution >= 0.6 is 0 Å². The van der Waals surface area contributed by atoms with Gasteiger partial charge in [-0.2, -0.15) is 0 Å². The number of anilines is 1. The zero-order valence-electron chi connectivity index (χ0n) is 8.54. The fourth-order valence-electron chi connectivity index (χ4n) is 1.50. The highest BCUT2D eigenvalue weighted by Crippen LogP contribution is 2.19. The molecule has 0 aromatic heterocycles. The van der Waals surface area contributed by atoms with Gasteiger partial charge in [-0.3, -0.25) is 0 Å². The normalized spacial score (nSPS) is 13.2. The van der Waals surface area contributed by atoms with Gasteiger partial charge in [0.25, 0.3) is 0 Å². The van der Waals surface area contributed by atoms with Gasteiger partial charge >= 0.3 is 0 Å². The summed E-state index contributed by atoms with van der Waals surface area (Å²) in [6.45, 7) is 6.40. The lowest BCUT2D eigenvalue weighted by molar-refractivity contribution is 0.507. The van der Waals surface area contributed by atoms with Crippen molar-refractivity contribution in [1.29, 1.82) is 0 Å². The van der Waals surface area contributed by atoms with Crippen LogP contribution in [0.2, 0.25) is 0 Å². The van der Waals surface area contributed by atoms with Gasteiger partial charge in [0.15, 0.2) is 0 Å². The number of nitrogens with two attached hydrogens (primary N) is 1. The van der Waals surface area contributed by atoms with Crippen molar-refractivity contribution >= 4 is 5.69 Å². The third-order valence-corrected chi connectivity index (χ3v) is 2.05. The predicted octanol–water partition coefficient (Wildman–Crippen LogP) is 2.33. The SMILES string of the molecule is CC(C)NC(C)c1ccccc1N. The van der Waals surface area contributed by atoms with E-state index in [0.717, 1.165) is 5.69 Å². The first-order valence-corrected chi connectivity index (χ1v) is 4.71. The van der Waals surface area contributed by atoms with Gasteiger partial charge in [-0.25, -0.2) is 0 Å². The molecule has 13 heavy (non-hydrogen) atoms. The quantitative estimate of drug-likeness (QED) is 0.697. The van der Waals surface area contributed by atoms with Gasteiger partial charge < -0.3 is 11.1 Å². The molecule has 0 saturated carbocycles. The summed E-state index contributed by atoms with van der Waals surface area (Å²) in [5, 5.41) is 3.42. The lowest BCUT2D eigenvalue weighted by atomic mass is 10.1. The molecule has 1 aromatic carbocycles. The van der Waals surface area contributed by atoms with Gasteiger partial charge in [-0.1, -0.05) is 32.0 Å². The van der Waals surface area contributed by atoms with Crippen molar-refractivity contribution in [3.8, 4) is 0 Å². The highest BCUT2D eigenvalue weighted by Gasteiger charge is 2.08. The Hall–Kier alpha value is -1.02. The maximum atomic E-state index is 5.86. The first-order valence-electron chi connectivity index (χ1n) is 4.71. The highest BCUT2D eigenvalue weighted by atomic mass is 14.9. The second-order valence-electron chi connectivity index (χ2n) is 3.67. The van der Waals surface area contributed by atoms with Crippen molar-refractivity contribution in [2.45, 2.75) is 32.9 Å². The van der Waals surface area contributed by atoms with Crippen LogP contribution in [-0.2, 0) is 0 Å². The number of hydrogen-bond acceptors (Lipinski definition) is 2. The summed E-state index contributed by atoms with van der Waals surface area (Å²) in [4.78, 5) is 0. The Labute approximate surface area is 80.1 Å². The Morgan fingerprint density at radius 2 is 1.77 bits per heavy atom. The van der Waals surface area contributed by atoms with Crippen molar-refractivity contribution in [2.75, 3.05) is 5.73 Å².